The summed E-state index contributed by atoms with van der Waals surface area (Å²) in [7, 11) is 0. The topological polar surface area (TPSA) is 90.9 Å². The van der Waals surface area contributed by atoms with Gasteiger partial charge in [0.15, 0.2) is 0 Å². The summed E-state index contributed by atoms with van der Waals surface area (Å²) in [6, 6.07) is 15.8. The number of nitrogens with one attached hydrogen (secondary N) is 1. The van der Waals surface area contributed by atoms with Crippen molar-refractivity contribution in [3.8, 4) is 6.07 Å². The van der Waals surface area contributed by atoms with Crippen LogP contribution >= 0.6 is 0 Å². The third-order valence-electron chi connectivity index (χ3n) is 6.60. The van der Waals surface area contributed by atoms with Crippen LogP contribution in [0.15, 0.2) is 42.5 Å². The van der Waals surface area contributed by atoms with Crippen LogP contribution in [-0.2, 0) is 10.4 Å². The average Bonchev–Trinajstić information content (AvgIpc) is 3.50. The number of aromatic nitrogens is 2. The maximum absolute atomic E-state index is 12.9. The molecular formula is C25H26N4O2. The largest absolute Gasteiger partial charge is 0.385 e. The second kappa shape index (κ2) is 7.51. The van der Waals surface area contributed by atoms with Crippen LogP contribution < -0.4 is 5.32 Å². The van der Waals surface area contributed by atoms with E-state index in [4.69, 9.17) is 0 Å². The normalized spacial score (nSPS) is 18.2. The predicted molar refractivity (Wildman–Crippen MR) is 119 cm³/mol. The van der Waals surface area contributed by atoms with Crippen LogP contribution in [-0.4, -0.2) is 20.6 Å². The van der Waals surface area contributed by atoms with Gasteiger partial charge >= 0.3 is 0 Å². The molecule has 5 rings (SSSR count). The summed E-state index contributed by atoms with van der Waals surface area (Å²) in [6.07, 6.45) is 5.31. The first-order valence-electron chi connectivity index (χ1n) is 11.0. The van der Waals surface area contributed by atoms with Crippen molar-refractivity contribution in [2.24, 2.45) is 0 Å². The molecule has 2 aromatic carbocycles. The standard InChI is InChI=1S/C25H26N4O2/c1-25(31,17-6-3-2-4-7-17)14-22(30)28-24-27-21-13-12-19(16-10-11-16)20(15-26)23(21)29(24)18-8-5-9-18/h2-4,6-7,12-13,16,18,31H,5,8-11,14H2,1H3,(H,27,28,30)/t25-/m0/s1. The molecule has 158 valence electrons. The third kappa shape index (κ3) is 3.60. The Labute approximate surface area is 181 Å². The Morgan fingerprint density at radius 3 is 2.58 bits per heavy atom. The Kier molecular flexibility index (Phi) is 4.79. The highest BCUT2D eigenvalue weighted by Crippen LogP contribution is 2.45. The number of nitriles is 1. The maximum atomic E-state index is 12.9. The Morgan fingerprint density at radius 1 is 1.23 bits per heavy atom. The smallest absolute Gasteiger partial charge is 0.229 e. The molecule has 2 aliphatic carbocycles. The minimum Gasteiger partial charge on any atom is -0.385 e. The predicted octanol–water partition coefficient (Wildman–Crippen LogP) is 4.75. The maximum Gasteiger partial charge on any atom is 0.229 e. The molecule has 31 heavy (non-hydrogen) atoms. The number of benzene rings is 2. The number of rotatable bonds is 6. The molecular weight excluding hydrogens is 388 g/mol. The van der Waals surface area contributed by atoms with E-state index in [1.165, 1.54) is 0 Å². The number of fused-ring (bicyclic) bond motifs is 1. The van der Waals surface area contributed by atoms with Gasteiger partial charge < -0.3 is 9.67 Å². The number of anilines is 1. The molecule has 0 radical (unpaired) electrons. The van der Waals surface area contributed by atoms with Crippen molar-refractivity contribution < 1.29 is 9.90 Å². The van der Waals surface area contributed by atoms with E-state index >= 15 is 0 Å². The molecule has 1 atom stereocenters. The third-order valence-corrected chi connectivity index (χ3v) is 6.60. The second-order valence-electron chi connectivity index (χ2n) is 9.04. The van der Waals surface area contributed by atoms with Gasteiger partial charge in [-0.05, 0) is 62.1 Å². The van der Waals surface area contributed by atoms with Gasteiger partial charge in [-0.25, -0.2) is 4.98 Å². The summed E-state index contributed by atoms with van der Waals surface area (Å²) < 4.78 is 2.05. The average molecular weight is 415 g/mol. The van der Waals surface area contributed by atoms with Gasteiger partial charge in [0.25, 0.3) is 0 Å². The minimum absolute atomic E-state index is 0.0800. The van der Waals surface area contributed by atoms with Crippen molar-refractivity contribution in [2.45, 2.75) is 63.0 Å². The molecule has 0 unspecified atom stereocenters. The van der Waals surface area contributed by atoms with Crippen molar-refractivity contribution in [1.29, 1.82) is 5.26 Å². The fraction of sp³-hybridized carbons (Fsp3) is 0.400. The lowest BCUT2D eigenvalue weighted by Crippen LogP contribution is -2.30. The van der Waals surface area contributed by atoms with E-state index in [9.17, 15) is 15.2 Å². The lowest BCUT2D eigenvalue weighted by molar-refractivity contribution is -0.120. The zero-order valence-electron chi connectivity index (χ0n) is 17.6. The van der Waals surface area contributed by atoms with Crippen molar-refractivity contribution >= 4 is 22.9 Å². The zero-order valence-corrected chi connectivity index (χ0v) is 17.6. The van der Waals surface area contributed by atoms with Crippen LogP contribution in [0.2, 0.25) is 0 Å². The molecule has 2 fully saturated rings. The zero-order chi connectivity index (χ0) is 21.6. The summed E-state index contributed by atoms with van der Waals surface area (Å²) in [5.74, 6) is 0.631. The number of nitrogens with zero attached hydrogens (tertiary/aromatic N) is 3. The molecule has 0 bridgehead atoms. The van der Waals surface area contributed by atoms with Crippen LogP contribution in [0, 0.1) is 11.3 Å². The number of carbonyl (C=O) groups excluding carboxylic acids is 1. The quantitative estimate of drug-likeness (QED) is 0.609. The molecule has 1 heterocycles. The van der Waals surface area contributed by atoms with Crippen molar-refractivity contribution in [2.75, 3.05) is 5.32 Å². The fourth-order valence-corrected chi connectivity index (χ4v) is 4.53. The van der Waals surface area contributed by atoms with E-state index in [0.29, 0.717) is 23.0 Å². The minimum atomic E-state index is -1.28. The van der Waals surface area contributed by atoms with Crippen molar-refractivity contribution in [3.63, 3.8) is 0 Å². The van der Waals surface area contributed by atoms with Gasteiger partial charge in [0.05, 0.1) is 28.6 Å². The number of amides is 1. The lowest BCUT2D eigenvalue weighted by Gasteiger charge is -2.29. The number of aliphatic hydroxyl groups is 1. The van der Waals surface area contributed by atoms with Crippen LogP contribution in [0.3, 0.4) is 0 Å². The number of carbonyl (C=O) groups is 1. The van der Waals surface area contributed by atoms with Crippen LogP contribution in [0.25, 0.3) is 11.0 Å². The molecule has 2 saturated carbocycles. The van der Waals surface area contributed by atoms with Gasteiger partial charge in [-0.1, -0.05) is 36.4 Å². The molecule has 6 nitrogen and oxygen atoms in total. The molecule has 0 spiro atoms. The van der Waals surface area contributed by atoms with Gasteiger partial charge in [-0.15, -0.1) is 0 Å². The molecule has 2 aliphatic rings. The highest BCUT2D eigenvalue weighted by Gasteiger charge is 2.32. The number of hydrogen-bond donors (Lipinski definition) is 2. The Balaban J connectivity index is 1.50. The van der Waals surface area contributed by atoms with E-state index < -0.39 is 5.60 Å². The molecule has 0 saturated heterocycles. The van der Waals surface area contributed by atoms with Gasteiger partial charge in [0, 0.05) is 6.04 Å². The van der Waals surface area contributed by atoms with Crippen molar-refractivity contribution in [1.82, 2.24) is 9.55 Å². The lowest BCUT2D eigenvalue weighted by atomic mass is 9.92. The Bertz CT molecular complexity index is 1180. The fourth-order valence-electron chi connectivity index (χ4n) is 4.53. The molecule has 0 aliphatic heterocycles. The van der Waals surface area contributed by atoms with E-state index in [1.54, 1.807) is 6.92 Å². The van der Waals surface area contributed by atoms with Gasteiger partial charge in [-0.2, -0.15) is 5.26 Å². The molecule has 6 heteroatoms. The van der Waals surface area contributed by atoms with E-state index in [-0.39, 0.29) is 18.4 Å². The van der Waals surface area contributed by atoms with Crippen molar-refractivity contribution in [3.05, 3.63) is 59.2 Å². The highest BCUT2D eigenvalue weighted by molar-refractivity contribution is 5.94. The summed E-state index contributed by atoms with van der Waals surface area (Å²) in [4.78, 5) is 17.6. The SMILES string of the molecule is C[C@](O)(CC(=O)Nc1nc2ccc(C3CC3)c(C#N)c2n1C1CCC1)c1ccccc1. The molecule has 1 amide bonds. The number of imidazole rings is 1. The van der Waals surface area contributed by atoms with E-state index in [0.717, 1.165) is 48.7 Å². The van der Waals surface area contributed by atoms with Crippen LogP contribution in [0.4, 0.5) is 5.95 Å². The van der Waals surface area contributed by atoms with Gasteiger partial charge in [0.1, 0.15) is 6.07 Å². The van der Waals surface area contributed by atoms with Crippen LogP contribution in [0.1, 0.15) is 74.1 Å². The van der Waals surface area contributed by atoms with E-state index in [1.807, 2.05) is 42.5 Å². The summed E-state index contributed by atoms with van der Waals surface area (Å²) in [6.45, 7) is 1.65. The van der Waals surface area contributed by atoms with Gasteiger partial charge in [0.2, 0.25) is 11.9 Å². The first-order chi connectivity index (χ1) is 15.0. The highest BCUT2D eigenvalue weighted by atomic mass is 16.3. The summed E-state index contributed by atoms with van der Waals surface area (Å²) >= 11 is 0. The summed E-state index contributed by atoms with van der Waals surface area (Å²) in [5, 5.41) is 23.7. The molecule has 1 aromatic heterocycles. The second-order valence-corrected chi connectivity index (χ2v) is 9.04. The Morgan fingerprint density at radius 2 is 1.97 bits per heavy atom. The summed E-state index contributed by atoms with van der Waals surface area (Å²) in [5.41, 5.74) is 2.77. The van der Waals surface area contributed by atoms with E-state index in [2.05, 4.69) is 20.9 Å². The Hall–Kier alpha value is -3.17. The number of hydrogen-bond acceptors (Lipinski definition) is 4. The molecule has 2 N–H and O–H groups in total. The van der Waals surface area contributed by atoms with Crippen LogP contribution in [0.5, 0.6) is 0 Å². The molecule has 3 aromatic rings. The monoisotopic (exact) mass is 414 g/mol. The van der Waals surface area contributed by atoms with Gasteiger partial charge in [-0.3, -0.25) is 10.1 Å². The first kappa shape index (κ1) is 19.8. The first-order valence-corrected chi connectivity index (χ1v) is 11.0.